The van der Waals surface area contributed by atoms with Crippen molar-refractivity contribution in [2.24, 2.45) is 4.99 Å². The third-order valence-electron chi connectivity index (χ3n) is 4.33. The van der Waals surface area contributed by atoms with Crippen LogP contribution in [0.15, 0.2) is 47.5 Å². The molecule has 0 aliphatic carbocycles. The molecular weight excluding hydrogens is 300 g/mol. The number of hydrogen-bond donors (Lipinski definition) is 0. The molecule has 4 nitrogen and oxygen atoms in total. The number of aryl methyl sites for hydroxylation is 1. The largest absolute Gasteiger partial charge is 0.465 e. The van der Waals surface area contributed by atoms with Crippen molar-refractivity contribution in [2.45, 2.75) is 19.8 Å². The van der Waals surface area contributed by atoms with Crippen LogP contribution in [0.4, 0.5) is 11.4 Å². The first kappa shape index (κ1) is 16.2. The van der Waals surface area contributed by atoms with Crippen molar-refractivity contribution in [2.75, 3.05) is 25.1 Å². The Bertz CT molecular complexity index is 745. The molecule has 2 aromatic rings. The maximum atomic E-state index is 11.5. The van der Waals surface area contributed by atoms with Crippen LogP contribution in [-0.4, -0.2) is 32.4 Å². The van der Waals surface area contributed by atoms with Crippen molar-refractivity contribution < 1.29 is 9.53 Å². The molecule has 1 saturated heterocycles. The number of rotatable bonds is 4. The highest BCUT2D eigenvalue weighted by atomic mass is 16.5. The SMILES string of the molecule is COC(=O)c1ccc(N=Cc2ccc(N3CCCC3)cc2)c(C)c1. The molecule has 2 aromatic carbocycles. The van der Waals surface area contributed by atoms with Gasteiger partial charge in [0.2, 0.25) is 0 Å². The number of benzene rings is 2. The predicted molar refractivity (Wildman–Crippen MR) is 97.7 cm³/mol. The molecule has 24 heavy (non-hydrogen) atoms. The van der Waals surface area contributed by atoms with Gasteiger partial charge < -0.3 is 9.64 Å². The first-order chi connectivity index (χ1) is 11.7. The standard InChI is InChI=1S/C20H22N2O2/c1-15-13-17(20(23)24-2)7-10-19(15)21-14-16-5-8-18(9-6-16)22-11-3-4-12-22/h5-10,13-14H,3-4,11-12H2,1-2H3. The minimum atomic E-state index is -0.328. The Balaban J connectivity index is 1.72. The number of esters is 1. The van der Waals surface area contributed by atoms with Crippen LogP contribution in [0.5, 0.6) is 0 Å². The Hall–Kier alpha value is -2.62. The average molecular weight is 322 g/mol. The normalized spacial score (nSPS) is 14.3. The Labute approximate surface area is 142 Å². The van der Waals surface area contributed by atoms with Crippen LogP contribution in [-0.2, 0) is 4.74 Å². The fourth-order valence-electron chi connectivity index (χ4n) is 2.94. The van der Waals surface area contributed by atoms with Crippen LogP contribution in [0, 0.1) is 6.92 Å². The molecule has 1 fully saturated rings. The minimum Gasteiger partial charge on any atom is -0.465 e. The first-order valence-corrected chi connectivity index (χ1v) is 8.25. The van der Waals surface area contributed by atoms with Crippen LogP contribution in [0.3, 0.4) is 0 Å². The molecule has 1 aliphatic rings. The third-order valence-corrected chi connectivity index (χ3v) is 4.33. The van der Waals surface area contributed by atoms with Gasteiger partial charge in [-0.05, 0) is 61.2 Å². The highest BCUT2D eigenvalue weighted by Crippen LogP contribution is 2.22. The second kappa shape index (κ2) is 7.30. The van der Waals surface area contributed by atoms with E-state index in [0.29, 0.717) is 5.56 Å². The van der Waals surface area contributed by atoms with Gasteiger partial charge in [0.1, 0.15) is 0 Å². The van der Waals surface area contributed by atoms with Crippen molar-refractivity contribution >= 4 is 23.6 Å². The molecule has 0 spiro atoms. The van der Waals surface area contributed by atoms with Gasteiger partial charge in [0.25, 0.3) is 0 Å². The molecule has 4 heteroatoms. The van der Waals surface area contributed by atoms with Crippen LogP contribution in [0.25, 0.3) is 0 Å². The molecule has 3 rings (SSSR count). The summed E-state index contributed by atoms with van der Waals surface area (Å²) in [6.07, 6.45) is 4.42. The smallest absolute Gasteiger partial charge is 0.337 e. The lowest BCUT2D eigenvalue weighted by molar-refractivity contribution is 0.0600. The maximum absolute atomic E-state index is 11.5. The molecule has 0 atom stereocenters. The molecule has 0 radical (unpaired) electrons. The van der Waals surface area contributed by atoms with Gasteiger partial charge in [-0.15, -0.1) is 0 Å². The Kier molecular flexibility index (Phi) is 4.94. The molecule has 0 amide bonds. The quantitative estimate of drug-likeness (QED) is 0.628. The topological polar surface area (TPSA) is 41.9 Å². The predicted octanol–water partition coefficient (Wildman–Crippen LogP) is 4.13. The number of carbonyl (C=O) groups is 1. The summed E-state index contributed by atoms with van der Waals surface area (Å²) in [5.74, 6) is -0.328. The summed E-state index contributed by atoms with van der Waals surface area (Å²) < 4.78 is 4.73. The van der Waals surface area contributed by atoms with Crippen molar-refractivity contribution in [3.8, 4) is 0 Å². The zero-order valence-electron chi connectivity index (χ0n) is 14.2. The van der Waals surface area contributed by atoms with Crippen molar-refractivity contribution in [3.63, 3.8) is 0 Å². The molecule has 0 unspecified atom stereocenters. The lowest BCUT2D eigenvalue weighted by atomic mass is 10.1. The number of carbonyl (C=O) groups excluding carboxylic acids is 1. The first-order valence-electron chi connectivity index (χ1n) is 8.25. The van der Waals surface area contributed by atoms with Crippen molar-refractivity contribution in [1.29, 1.82) is 0 Å². The van der Waals surface area contributed by atoms with Crippen molar-refractivity contribution in [1.82, 2.24) is 0 Å². The summed E-state index contributed by atoms with van der Waals surface area (Å²) in [7, 11) is 1.38. The van der Waals surface area contributed by atoms with E-state index in [4.69, 9.17) is 4.74 Å². The van der Waals surface area contributed by atoms with Crippen LogP contribution >= 0.6 is 0 Å². The summed E-state index contributed by atoms with van der Waals surface area (Å²) in [5, 5.41) is 0. The summed E-state index contributed by atoms with van der Waals surface area (Å²) in [4.78, 5) is 18.5. The lowest BCUT2D eigenvalue weighted by Gasteiger charge is -2.17. The summed E-state index contributed by atoms with van der Waals surface area (Å²) in [6, 6.07) is 13.9. The summed E-state index contributed by atoms with van der Waals surface area (Å²) in [5.41, 5.74) is 4.69. The van der Waals surface area contributed by atoms with Crippen LogP contribution in [0.2, 0.25) is 0 Å². The molecular formula is C20H22N2O2. The van der Waals surface area contributed by atoms with E-state index in [1.807, 2.05) is 19.2 Å². The lowest BCUT2D eigenvalue weighted by Crippen LogP contribution is -2.17. The summed E-state index contributed by atoms with van der Waals surface area (Å²) >= 11 is 0. The van der Waals surface area contributed by atoms with Gasteiger partial charge in [-0.3, -0.25) is 4.99 Å². The van der Waals surface area contributed by atoms with E-state index < -0.39 is 0 Å². The monoisotopic (exact) mass is 322 g/mol. The van der Waals surface area contributed by atoms with Crippen LogP contribution in [0.1, 0.15) is 34.3 Å². The average Bonchev–Trinajstić information content (AvgIpc) is 3.15. The highest BCUT2D eigenvalue weighted by Gasteiger charge is 2.11. The number of nitrogens with zero attached hydrogens (tertiary/aromatic N) is 2. The third kappa shape index (κ3) is 3.65. The van der Waals surface area contributed by atoms with E-state index in [-0.39, 0.29) is 5.97 Å². The molecule has 0 bridgehead atoms. The van der Waals surface area contributed by atoms with E-state index in [9.17, 15) is 4.79 Å². The van der Waals surface area contributed by atoms with E-state index >= 15 is 0 Å². The second-order valence-corrected chi connectivity index (χ2v) is 6.04. The Morgan fingerprint density at radius 1 is 1.12 bits per heavy atom. The molecule has 0 aromatic heterocycles. The van der Waals surface area contributed by atoms with Gasteiger partial charge in [-0.25, -0.2) is 4.79 Å². The zero-order valence-corrected chi connectivity index (χ0v) is 14.2. The number of methoxy groups -OCH3 is 1. The van der Waals surface area contributed by atoms with E-state index in [0.717, 1.165) is 29.9 Å². The van der Waals surface area contributed by atoms with Gasteiger partial charge in [-0.2, -0.15) is 0 Å². The Morgan fingerprint density at radius 2 is 1.83 bits per heavy atom. The number of aliphatic imine (C=N–C) groups is 1. The zero-order chi connectivity index (χ0) is 16.9. The second-order valence-electron chi connectivity index (χ2n) is 6.04. The number of anilines is 1. The maximum Gasteiger partial charge on any atom is 0.337 e. The van der Waals surface area contributed by atoms with Gasteiger partial charge >= 0.3 is 5.97 Å². The highest BCUT2D eigenvalue weighted by molar-refractivity contribution is 5.90. The summed E-state index contributed by atoms with van der Waals surface area (Å²) in [6.45, 7) is 4.24. The van der Waals surface area contributed by atoms with Gasteiger partial charge in [-0.1, -0.05) is 12.1 Å². The Morgan fingerprint density at radius 3 is 2.46 bits per heavy atom. The molecule has 1 aliphatic heterocycles. The molecule has 0 saturated carbocycles. The number of hydrogen-bond acceptors (Lipinski definition) is 4. The van der Waals surface area contributed by atoms with Gasteiger partial charge in [0, 0.05) is 25.0 Å². The minimum absolute atomic E-state index is 0.328. The van der Waals surface area contributed by atoms with Crippen LogP contribution < -0.4 is 4.90 Å². The van der Waals surface area contributed by atoms with Crippen molar-refractivity contribution in [3.05, 3.63) is 59.2 Å². The van der Waals surface area contributed by atoms with Gasteiger partial charge in [0.05, 0.1) is 18.4 Å². The fraction of sp³-hybridized carbons (Fsp3) is 0.300. The fourth-order valence-corrected chi connectivity index (χ4v) is 2.94. The number of ether oxygens (including phenoxy) is 1. The molecule has 0 N–H and O–H groups in total. The van der Waals surface area contributed by atoms with E-state index in [1.54, 1.807) is 12.1 Å². The van der Waals surface area contributed by atoms with E-state index in [2.05, 4.69) is 34.2 Å². The molecule has 124 valence electrons. The van der Waals surface area contributed by atoms with Gasteiger partial charge in [0.15, 0.2) is 0 Å². The molecule has 1 heterocycles. The van der Waals surface area contributed by atoms with E-state index in [1.165, 1.54) is 25.6 Å².